The van der Waals surface area contributed by atoms with E-state index in [1.54, 1.807) is 0 Å². The van der Waals surface area contributed by atoms with E-state index < -0.39 is 0 Å². The first kappa shape index (κ1) is 7.66. The molecule has 2 nitrogen and oxygen atoms in total. The van der Waals surface area contributed by atoms with E-state index in [4.69, 9.17) is 5.84 Å². The van der Waals surface area contributed by atoms with Crippen molar-refractivity contribution in [3.63, 3.8) is 0 Å². The standard InChI is InChI=1S/C6H14N2/c1-3-6(2)4-5-8-7/h8H,2-5,7H2,1H3. The second-order valence-electron chi connectivity index (χ2n) is 1.81. The van der Waals surface area contributed by atoms with E-state index in [0.717, 1.165) is 19.4 Å². The maximum absolute atomic E-state index is 5.04. The predicted octanol–water partition coefficient (Wildman–Crippen LogP) is 0.806. The van der Waals surface area contributed by atoms with Gasteiger partial charge >= 0.3 is 0 Å². The third-order valence-corrected chi connectivity index (χ3v) is 1.12. The Morgan fingerprint density at radius 2 is 2.38 bits per heavy atom. The Kier molecular flexibility index (Phi) is 4.61. The van der Waals surface area contributed by atoms with Crippen LogP contribution in [0.3, 0.4) is 0 Å². The molecule has 3 N–H and O–H groups in total. The Morgan fingerprint density at radius 1 is 1.75 bits per heavy atom. The molecule has 0 saturated carbocycles. The summed E-state index contributed by atoms with van der Waals surface area (Å²) in [6.45, 7) is 6.75. The molecule has 0 atom stereocenters. The lowest BCUT2D eigenvalue weighted by Crippen LogP contribution is -2.22. The maximum atomic E-state index is 5.04. The number of hydrogen-bond donors (Lipinski definition) is 2. The fourth-order valence-electron chi connectivity index (χ4n) is 0.426. The highest BCUT2D eigenvalue weighted by molar-refractivity contribution is 4.92. The summed E-state index contributed by atoms with van der Waals surface area (Å²) in [5.41, 5.74) is 3.82. The molecule has 0 radical (unpaired) electrons. The molecule has 0 rings (SSSR count). The van der Waals surface area contributed by atoms with Gasteiger partial charge in [-0.3, -0.25) is 11.3 Å². The molecule has 0 bridgehead atoms. The molecule has 8 heavy (non-hydrogen) atoms. The monoisotopic (exact) mass is 114 g/mol. The average Bonchev–Trinajstić information content (AvgIpc) is 1.83. The van der Waals surface area contributed by atoms with Crippen LogP contribution in [0.15, 0.2) is 12.2 Å². The lowest BCUT2D eigenvalue weighted by Gasteiger charge is -1.98. The van der Waals surface area contributed by atoms with Crippen molar-refractivity contribution in [1.29, 1.82) is 0 Å². The van der Waals surface area contributed by atoms with Gasteiger partial charge in [0, 0.05) is 6.54 Å². The summed E-state index contributed by atoms with van der Waals surface area (Å²) >= 11 is 0. The van der Waals surface area contributed by atoms with Crippen LogP contribution in [0.5, 0.6) is 0 Å². The minimum atomic E-state index is 0.840. The largest absolute Gasteiger partial charge is 0.271 e. The van der Waals surface area contributed by atoms with Gasteiger partial charge in [-0.05, 0) is 12.8 Å². The SMILES string of the molecule is C=C(CC)CCNN. The van der Waals surface area contributed by atoms with Crippen LogP contribution in [-0.4, -0.2) is 6.54 Å². The molecule has 0 unspecified atom stereocenters. The van der Waals surface area contributed by atoms with Gasteiger partial charge in [-0.2, -0.15) is 0 Å². The predicted molar refractivity (Wildman–Crippen MR) is 36.2 cm³/mol. The van der Waals surface area contributed by atoms with Crippen molar-refractivity contribution in [2.24, 2.45) is 5.84 Å². The Hall–Kier alpha value is -0.340. The molecule has 48 valence electrons. The van der Waals surface area contributed by atoms with E-state index in [9.17, 15) is 0 Å². The van der Waals surface area contributed by atoms with Gasteiger partial charge in [-0.15, -0.1) is 0 Å². The summed E-state index contributed by atoms with van der Waals surface area (Å²) in [4.78, 5) is 0. The second-order valence-corrected chi connectivity index (χ2v) is 1.81. The summed E-state index contributed by atoms with van der Waals surface area (Å²) in [6, 6.07) is 0. The fraction of sp³-hybridized carbons (Fsp3) is 0.667. The molecule has 0 saturated heterocycles. The normalized spacial score (nSPS) is 9.25. The van der Waals surface area contributed by atoms with Crippen molar-refractivity contribution >= 4 is 0 Å². The van der Waals surface area contributed by atoms with Crippen LogP contribution in [0.1, 0.15) is 19.8 Å². The molecule has 0 aromatic carbocycles. The van der Waals surface area contributed by atoms with Gasteiger partial charge in [0.05, 0.1) is 0 Å². The Morgan fingerprint density at radius 3 is 2.75 bits per heavy atom. The third kappa shape index (κ3) is 3.84. The molecule has 0 aliphatic carbocycles. The first-order valence-electron chi connectivity index (χ1n) is 2.91. The number of hydrazine groups is 1. The Balaban J connectivity index is 2.99. The summed E-state index contributed by atoms with van der Waals surface area (Å²) in [7, 11) is 0. The van der Waals surface area contributed by atoms with E-state index in [1.807, 2.05) is 0 Å². The maximum Gasteiger partial charge on any atom is 0.0135 e. The molecule has 0 heterocycles. The van der Waals surface area contributed by atoms with Crippen LogP contribution in [0.2, 0.25) is 0 Å². The summed E-state index contributed by atoms with van der Waals surface area (Å²) in [5, 5.41) is 0. The minimum Gasteiger partial charge on any atom is -0.271 e. The smallest absolute Gasteiger partial charge is 0.0135 e. The van der Waals surface area contributed by atoms with Crippen LogP contribution < -0.4 is 11.3 Å². The van der Waals surface area contributed by atoms with Crippen molar-refractivity contribution in [2.75, 3.05) is 6.54 Å². The summed E-state index contributed by atoms with van der Waals surface area (Å²) in [6.07, 6.45) is 2.05. The van der Waals surface area contributed by atoms with Crippen LogP contribution in [0, 0.1) is 0 Å². The molecule has 0 aliphatic heterocycles. The van der Waals surface area contributed by atoms with E-state index in [0.29, 0.717) is 0 Å². The summed E-state index contributed by atoms with van der Waals surface area (Å²) in [5.74, 6) is 5.04. The molecule has 0 aromatic rings. The zero-order valence-corrected chi connectivity index (χ0v) is 5.41. The zero-order chi connectivity index (χ0) is 6.41. The van der Waals surface area contributed by atoms with Crippen LogP contribution >= 0.6 is 0 Å². The van der Waals surface area contributed by atoms with Crippen molar-refractivity contribution in [2.45, 2.75) is 19.8 Å². The molecule has 0 amide bonds. The van der Waals surface area contributed by atoms with Crippen molar-refractivity contribution in [3.8, 4) is 0 Å². The lowest BCUT2D eigenvalue weighted by atomic mass is 10.2. The Bertz CT molecular complexity index is 68.9. The molecular formula is C6H14N2. The van der Waals surface area contributed by atoms with E-state index >= 15 is 0 Å². The molecular weight excluding hydrogens is 100 g/mol. The highest BCUT2D eigenvalue weighted by Crippen LogP contribution is 1.99. The molecule has 0 aliphatic rings. The second kappa shape index (κ2) is 4.81. The molecule has 2 heteroatoms. The van der Waals surface area contributed by atoms with E-state index in [1.165, 1.54) is 5.57 Å². The molecule has 0 aromatic heterocycles. The van der Waals surface area contributed by atoms with E-state index in [2.05, 4.69) is 18.9 Å². The highest BCUT2D eigenvalue weighted by atomic mass is 15.2. The Labute approximate surface area is 50.7 Å². The van der Waals surface area contributed by atoms with Gasteiger partial charge in [-0.1, -0.05) is 19.1 Å². The van der Waals surface area contributed by atoms with Crippen molar-refractivity contribution < 1.29 is 0 Å². The van der Waals surface area contributed by atoms with Crippen molar-refractivity contribution in [3.05, 3.63) is 12.2 Å². The first-order valence-corrected chi connectivity index (χ1v) is 2.91. The van der Waals surface area contributed by atoms with Gasteiger partial charge in [0.2, 0.25) is 0 Å². The van der Waals surface area contributed by atoms with E-state index in [-0.39, 0.29) is 0 Å². The quantitative estimate of drug-likeness (QED) is 0.322. The van der Waals surface area contributed by atoms with Gasteiger partial charge < -0.3 is 0 Å². The van der Waals surface area contributed by atoms with Gasteiger partial charge in [0.15, 0.2) is 0 Å². The molecule has 0 spiro atoms. The third-order valence-electron chi connectivity index (χ3n) is 1.12. The minimum absolute atomic E-state index is 0.840. The average molecular weight is 114 g/mol. The van der Waals surface area contributed by atoms with Crippen molar-refractivity contribution in [1.82, 2.24) is 5.43 Å². The zero-order valence-electron chi connectivity index (χ0n) is 5.41. The highest BCUT2D eigenvalue weighted by Gasteiger charge is 1.86. The van der Waals surface area contributed by atoms with Crippen LogP contribution in [-0.2, 0) is 0 Å². The van der Waals surface area contributed by atoms with Gasteiger partial charge in [0.25, 0.3) is 0 Å². The van der Waals surface area contributed by atoms with Gasteiger partial charge in [-0.25, -0.2) is 0 Å². The number of rotatable bonds is 4. The van der Waals surface area contributed by atoms with Gasteiger partial charge in [0.1, 0.15) is 0 Å². The molecule has 0 fully saturated rings. The van der Waals surface area contributed by atoms with Crippen LogP contribution in [0.25, 0.3) is 0 Å². The number of nitrogens with two attached hydrogens (primary N) is 1. The first-order chi connectivity index (χ1) is 3.81. The summed E-state index contributed by atoms with van der Waals surface area (Å²) < 4.78 is 0. The number of hydrogen-bond acceptors (Lipinski definition) is 2. The fourth-order valence-corrected chi connectivity index (χ4v) is 0.426. The number of nitrogens with one attached hydrogen (secondary N) is 1. The van der Waals surface area contributed by atoms with Crippen LogP contribution in [0.4, 0.5) is 0 Å². The topological polar surface area (TPSA) is 38.0 Å². The lowest BCUT2D eigenvalue weighted by molar-refractivity contribution is 0.715.